The van der Waals surface area contributed by atoms with Gasteiger partial charge in [-0.3, -0.25) is 0 Å². The first-order chi connectivity index (χ1) is 6.75. The second-order valence-corrected chi connectivity index (χ2v) is 6.16. The summed E-state index contributed by atoms with van der Waals surface area (Å²) in [5.74, 6) is 3.74. The number of thiol groups is 1. The van der Waals surface area contributed by atoms with Gasteiger partial charge < -0.3 is 4.74 Å². The van der Waals surface area contributed by atoms with E-state index in [9.17, 15) is 0 Å². The maximum Gasteiger partial charge on any atom is 0.217 e. The summed E-state index contributed by atoms with van der Waals surface area (Å²) in [5.41, 5.74) is 0. The van der Waals surface area contributed by atoms with E-state index >= 15 is 0 Å². The Morgan fingerprint density at radius 3 is 2.71 bits per heavy atom. The van der Waals surface area contributed by atoms with Crippen molar-refractivity contribution in [3.63, 3.8) is 0 Å². The summed E-state index contributed by atoms with van der Waals surface area (Å²) in [6.07, 6.45) is 7.41. The van der Waals surface area contributed by atoms with Gasteiger partial charge in [0, 0.05) is 0 Å². The van der Waals surface area contributed by atoms with Crippen LogP contribution < -0.4 is 0 Å². The summed E-state index contributed by atoms with van der Waals surface area (Å²) < 4.78 is 6.09. The molecule has 0 N–H and O–H groups in total. The smallest absolute Gasteiger partial charge is 0.217 e. The molecule has 0 radical (unpaired) electrons. The molecule has 3 saturated carbocycles. The number of hydrogen-bond acceptors (Lipinski definition) is 2. The molecular weight excluding hydrogens is 212 g/mol. The molecule has 0 unspecified atom stereocenters. The molecule has 0 saturated heterocycles. The van der Waals surface area contributed by atoms with Crippen LogP contribution in [0.2, 0.25) is 0 Å². The molecule has 3 heteroatoms. The van der Waals surface area contributed by atoms with Crippen molar-refractivity contribution in [1.82, 2.24) is 0 Å². The van der Waals surface area contributed by atoms with Crippen LogP contribution in [0.3, 0.4) is 0 Å². The fourth-order valence-electron chi connectivity index (χ4n) is 4.27. The van der Waals surface area contributed by atoms with Gasteiger partial charge in [0.25, 0.3) is 0 Å². The topological polar surface area (TPSA) is 9.23 Å². The molecule has 1 nitrogen and oxygen atoms in total. The van der Waals surface area contributed by atoms with Crippen molar-refractivity contribution in [2.45, 2.75) is 38.2 Å². The van der Waals surface area contributed by atoms with Gasteiger partial charge in [0.05, 0.1) is 0 Å². The monoisotopic (exact) mass is 228 g/mol. The number of fused-ring (bicyclic) bond motifs is 5. The van der Waals surface area contributed by atoms with E-state index in [0.717, 1.165) is 23.7 Å². The third-order valence-electron chi connectivity index (χ3n) is 4.62. The first-order valence-corrected chi connectivity index (χ1v) is 6.51. The fourth-order valence-corrected chi connectivity index (χ4v) is 4.53. The maximum absolute atomic E-state index is 5.65. The molecule has 3 aliphatic rings. The normalized spacial score (nSPS) is 49.4. The first-order valence-electron chi connectivity index (χ1n) is 5.65. The molecule has 0 heterocycles. The Hall–Kier alpha value is 0.240. The van der Waals surface area contributed by atoms with Crippen LogP contribution in [0.4, 0.5) is 0 Å². The van der Waals surface area contributed by atoms with Crippen LogP contribution in [0, 0.1) is 23.7 Å². The maximum atomic E-state index is 5.65. The molecule has 14 heavy (non-hydrogen) atoms. The number of rotatable bonds is 1. The van der Waals surface area contributed by atoms with Crippen LogP contribution in [0.1, 0.15) is 32.1 Å². The van der Waals surface area contributed by atoms with Crippen molar-refractivity contribution in [3.05, 3.63) is 0 Å². The average Bonchev–Trinajstić information content (AvgIpc) is 2.68. The minimum Gasteiger partial charge on any atom is -0.475 e. The SMILES string of the molecule is S=C(S)O[C@@H]1C[C@@H]2C[C@@H]1[C@@H]1CCC[C@@H]21. The Morgan fingerprint density at radius 1 is 1.14 bits per heavy atom. The second kappa shape index (κ2) is 3.38. The highest BCUT2D eigenvalue weighted by Gasteiger charge is 2.54. The number of hydrogen-bond donors (Lipinski definition) is 1. The van der Waals surface area contributed by atoms with Gasteiger partial charge in [0.1, 0.15) is 6.10 Å². The molecule has 3 rings (SSSR count). The molecular formula is C11H16OS2. The van der Waals surface area contributed by atoms with Gasteiger partial charge in [-0.15, -0.1) is 0 Å². The van der Waals surface area contributed by atoms with Crippen LogP contribution in [-0.4, -0.2) is 10.5 Å². The Balaban J connectivity index is 1.73. The van der Waals surface area contributed by atoms with E-state index in [1.807, 2.05) is 0 Å². The fraction of sp³-hybridized carbons (Fsp3) is 0.909. The summed E-state index contributed by atoms with van der Waals surface area (Å²) >= 11 is 8.98. The van der Waals surface area contributed by atoms with E-state index in [0.29, 0.717) is 10.5 Å². The number of thiocarbonyl (C=S) groups is 1. The quantitative estimate of drug-likeness (QED) is 0.545. The van der Waals surface area contributed by atoms with Gasteiger partial charge in [-0.2, -0.15) is 0 Å². The molecule has 5 atom stereocenters. The third-order valence-corrected chi connectivity index (χ3v) is 4.82. The first kappa shape index (κ1) is 9.46. The second-order valence-electron chi connectivity index (χ2n) is 5.08. The van der Waals surface area contributed by atoms with Crippen LogP contribution in [0.25, 0.3) is 0 Å². The molecule has 0 aromatic heterocycles. The summed E-state index contributed by atoms with van der Waals surface area (Å²) in [5, 5.41) is 0. The molecule has 0 aromatic carbocycles. The molecule has 0 spiro atoms. The zero-order valence-corrected chi connectivity index (χ0v) is 9.90. The Kier molecular flexibility index (Phi) is 2.28. The van der Waals surface area contributed by atoms with E-state index in [2.05, 4.69) is 12.6 Å². The molecule has 3 aliphatic carbocycles. The van der Waals surface area contributed by atoms with Crippen LogP contribution >= 0.6 is 24.8 Å². The average molecular weight is 228 g/mol. The zero-order chi connectivity index (χ0) is 9.71. The summed E-state index contributed by atoms with van der Waals surface area (Å²) in [4.78, 5) is 0. The molecule has 0 aliphatic heterocycles. The summed E-state index contributed by atoms with van der Waals surface area (Å²) in [6.45, 7) is 0. The highest BCUT2D eigenvalue weighted by atomic mass is 32.1. The van der Waals surface area contributed by atoms with Crippen molar-refractivity contribution in [2.75, 3.05) is 0 Å². The Morgan fingerprint density at radius 2 is 1.93 bits per heavy atom. The molecule has 0 amide bonds. The lowest BCUT2D eigenvalue weighted by atomic mass is 9.80. The highest BCUT2D eigenvalue weighted by molar-refractivity contribution is 8.10. The minimum absolute atomic E-state index is 0.407. The lowest BCUT2D eigenvalue weighted by Gasteiger charge is -2.31. The molecule has 78 valence electrons. The Bertz CT molecular complexity index is 266. The van der Waals surface area contributed by atoms with Crippen molar-refractivity contribution in [1.29, 1.82) is 0 Å². The summed E-state index contributed by atoms with van der Waals surface area (Å²) in [6, 6.07) is 0. The van der Waals surface area contributed by atoms with E-state index in [1.54, 1.807) is 0 Å². The minimum atomic E-state index is 0.407. The Labute approximate surface area is 96.0 Å². The summed E-state index contributed by atoms with van der Waals surface area (Å²) in [7, 11) is 0. The van der Waals surface area contributed by atoms with Gasteiger partial charge >= 0.3 is 0 Å². The number of ether oxygens (including phenoxy) is 1. The van der Waals surface area contributed by atoms with E-state index < -0.39 is 0 Å². The highest BCUT2D eigenvalue weighted by Crippen LogP contribution is 2.59. The van der Waals surface area contributed by atoms with Gasteiger partial charge in [-0.05, 0) is 61.6 Å². The van der Waals surface area contributed by atoms with Crippen LogP contribution in [-0.2, 0) is 4.74 Å². The lowest BCUT2D eigenvalue weighted by molar-refractivity contribution is 0.0814. The lowest BCUT2D eigenvalue weighted by Crippen LogP contribution is -2.30. The molecule has 3 fully saturated rings. The molecule has 2 bridgehead atoms. The van der Waals surface area contributed by atoms with Crippen molar-refractivity contribution in [3.8, 4) is 0 Å². The predicted octanol–water partition coefficient (Wildman–Crippen LogP) is 3.04. The zero-order valence-electron chi connectivity index (χ0n) is 8.19. The van der Waals surface area contributed by atoms with Crippen molar-refractivity contribution in [2.24, 2.45) is 23.7 Å². The van der Waals surface area contributed by atoms with E-state index in [-0.39, 0.29) is 0 Å². The van der Waals surface area contributed by atoms with Gasteiger partial charge in [-0.25, -0.2) is 0 Å². The van der Waals surface area contributed by atoms with Crippen LogP contribution in [0.15, 0.2) is 0 Å². The third kappa shape index (κ3) is 1.32. The van der Waals surface area contributed by atoms with E-state index in [1.165, 1.54) is 32.1 Å². The van der Waals surface area contributed by atoms with Gasteiger partial charge in [0.2, 0.25) is 4.38 Å². The van der Waals surface area contributed by atoms with E-state index in [4.69, 9.17) is 17.0 Å². The molecule has 0 aromatic rings. The predicted molar refractivity (Wildman–Crippen MR) is 63.5 cm³/mol. The van der Waals surface area contributed by atoms with Gasteiger partial charge in [0.15, 0.2) is 0 Å². The standard InChI is InChI=1S/C11H16OS2/c13-11(14)12-10-5-6-4-9(10)8-3-1-2-7(6)8/h6-10H,1-5H2,(H,13,14)/t6-,7-,8+,9+,10+/m0/s1. The largest absolute Gasteiger partial charge is 0.475 e. The van der Waals surface area contributed by atoms with Crippen molar-refractivity contribution >= 4 is 29.2 Å². The van der Waals surface area contributed by atoms with Gasteiger partial charge in [-0.1, -0.05) is 19.0 Å². The van der Waals surface area contributed by atoms with Crippen molar-refractivity contribution < 1.29 is 4.74 Å². The van der Waals surface area contributed by atoms with Crippen LogP contribution in [0.5, 0.6) is 0 Å².